The summed E-state index contributed by atoms with van der Waals surface area (Å²) in [4.78, 5) is 27.8. The Bertz CT molecular complexity index is 685. The van der Waals surface area contributed by atoms with E-state index in [4.69, 9.17) is 9.47 Å². The van der Waals surface area contributed by atoms with E-state index in [-0.39, 0.29) is 18.0 Å². The van der Waals surface area contributed by atoms with Crippen molar-refractivity contribution in [1.29, 1.82) is 0 Å². The van der Waals surface area contributed by atoms with Gasteiger partial charge in [0, 0.05) is 11.8 Å². The summed E-state index contributed by atoms with van der Waals surface area (Å²) in [7, 11) is 1.55. The van der Waals surface area contributed by atoms with Crippen LogP contribution in [-0.4, -0.2) is 30.6 Å². The minimum atomic E-state index is -0.557. The maximum Gasteiger partial charge on any atom is 0.356 e. The number of hydrogen-bond acceptors (Lipinski definition) is 5. The van der Waals surface area contributed by atoms with Gasteiger partial charge in [-0.2, -0.15) is 0 Å². The van der Waals surface area contributed by atoms with Crippen LogP contribution in [0.15, 0.2) is 42.5 Å². The van der Waals surface area contributed by atoms with Gasteiger partial charge in [0.25, 0.3) is 5.91 Å². The van der Waals surface area contributed by atoms with Gasteiger partial charge in [-0.25, -0.2) is 9.78 Å². The van der Waals surface area contributed by atoms with E-state index in [1.807, 2.05) is 0 Å². The Hall–Kier alpha value is -2.89. The van der Waals surface area contributed by atoms with E-state index in [1.165, 1.54) is 12.1 Å². The molecule has 0 aliphatic heterocycles. The van der Waals surface area contributed by atoms with E-state index in [0.717, 1.165) is 0 Å². The smallest absolute Gasteiger partial charge is 0.356 e. The zero-order chi connectivity index (χ0) is 15.9. The number of pyridine rings is 1. The Morgan fingerprint density at radius 3 is 2.59 bits per heavy atom. The second kappa shape index (κ2) is 7.21. The number of anilines is 1. The van der Waals surface area contributed by atoms with Crippen molar-refractivity contribution < 1.29 is 19.1 Å². The predicted molar refractivity (Wildman–Crippen MR) is 81.1 cm³/mol. The van der Waals surface area contributed by atoms with Crippen LogP contribution in [0.1, 0.15) is 27.9 Å². The third kappa shape index (κ3) is 3.82. The van der Waals surface area contributed by atoms with Crippen LogP contribution in [0.5, 0.6) is 5.75 Å². The lowest BCUT2D eigenvalue weighted by Crippen LogP contribution is -2.16. The fraction of sp³-hybridized carbons (Fsp3) is 0.188. The zero-order valence-corrected chi connectivity index (χ0v) is 12.3. The van der Waals surface area contributed by atoms with Crippen molar-refractivity contribution >= 4 is 17.6 Å². The van der Waals surface area contributed by atoms with Gasteiger partial charge in [-0.3, -0.25) is 4.79 Å². The summed E-state index contributed by atoms with van der Waals surface area (Å²) in [6.07, 6.45) is 0. The maximum absolute atomic E-state index is 12.2. The van der Waals surface area contributed by atoms with Gasteiger partial charge >= 0.3 is 5.97 Å². The Morgan fingerprint density at radius 1 is 1.14 bits per heavy atom. The van der Waals surface area contributed by atoms with Crippen molar-refractivity contribution in [1.82, 2.24) is 4.98 Å². The van der Waals surface area contributed by atoms with Gasteiger partial charge in [0.05, 0.1) is 13.7 Å². The van der Waals surface area contributed by atoms with Crippen molar-refractivity contribution in [3.8, 4) is 5.75 Å². The number of ether oxygens (including phenoxy) is 2. The first-order chi connectivity index (χ1) is 10.6. The molecule has 0 unspecified atom stereocenters. The summed E-state index contributed by atoms with van der Waals surface area (Å²) in [6, 6.07) is 11.6. The first-order valence-corrected chi connectivity index (χ1v) is 6.73. The monoisotopic (exact) mass is 300 g/mol. The average Bonchev–Trinajstić information content (AvgIpc) is 2.55. The molecule has 0 spiro atoms. The number of esters is 1. The van der Waals surface area contributed by atoms with Gasteiger partial charge < -0.3 is 14.8 Å². The second-order valence-electron chi connectivity index (χ2n) is 4.31. The highest BCUT2D eigenvalue weighted by atomic mass is 16.5. The van der Waals surface area contributed by atoms with E-state index in [2.05, 4.69) is 10.3 Å². The fourth-order valence-corrected chi connectivity index (χ4v) is 1.78. The van der Waals surface area contributed by atoms with Crippen LogP contribution in [0.2, 0.25) is 0 Å². The number of carbonyl (C=O) groups excluding carboxylic acids is 2. The highest BCUT2D eigenvalue weighted by molar-refractivity contribution is 6.03. The van der Waals surface area contributed by atoms with Crippen LogP contribution in [0.4, 0.5) is 5.69 Å². The summed E-state index contributed by atoms with van der Waals surface area (Å²) < 4.78 is 9.95. The maximum atomic E-state index is 12.2. The van der Waals surface area contributed by atoms with Crippen LogP contribution < -0.4 is 10.1 Å². The van der Waals surface area contributed by atoms with Gasteiger partial charge in [0.1, 0.15) is 17.1 Å². The van der Waals surface area contributed by atoms with Crippen LogP contribution in [0, 0.1) is 0 Å². The van der Waals surface area contributed by atoms with E-state index >= 15 is 0 Å². The van der Waals surface area contributed by atoms with Crippen LogP contribution in [0.3, 0.4) is 0 Å². The van der Waals surface area contributed by atoms with Crippen LogP contribution in [-0.2, 0) is 4.74 Å². The van der Waals surface area contributed by atoms with Crippen LogP contribution in [0.25, 0.3) is 0 Å². The molecule has 0 atom stereocenters. The lowest BCUT2D eigenvalue weighted by atomic mass is 10.2. The molecule has 0 bridgehead atoms. The van der Waals surface area contributed by atoms with E-state index < -0.39 is 11.9 Å². The summed E-state index contributed by atoms with van der Waals surface area (Å²) in [5.74, 6) is -0.344. The number of aromatic nitrogens is 1. The van der Waals surface area contributed by atoms with Gasteiger partial charge in [-0.1, -0.05) is 12.1 Å². The van der Waals surface area contributed by atoms with E-state index in [1.54, 1.807) is 44.4 Å². The lowest BCUT2D eigenvalue weighted by Gasteiger charge is -2.07. The van der Waals surface area contributed by atoms with Crippen molar-refractivity contribution in [2.45, 2.75) is 6.92 Å². The van der Waals surface area contributed by atoms with Gasteiger partial charge in [-0.05, 0) is 31.2 Å². The normalized spacial score (nSPS) is 9.91. The Balaban J connectivity index is 2.15. The summed E-state index contributed by atoms with van der Waals surface area (Å²) in [5.41, 5.74) is 0.807. The SMILES string of the molecule is CCOC(=O)c1cccc(C(=O)Nc2cccc(OC)c2)n1. The number of nitrogens with zero attached hydrogens (tertiary/aromatic N) is 1. The third-order valence-electron chi connectivity index (χ3n) is 2.79. The van der Waals surface area contributed by atoms with Crippen molar-refractivity contribution in [2.75, 3.05) is 19.0 Å². The Labute approximate surface area is 128 Å². The molecular formula is C16H16N2O4. The molecular weight excluding hydrogens is 284 g/mol. The van der Waals surface area contributed by atoms with Crippen LogP contribution >= 0.6 is 0 Å². The molecule has 114 valence electrons. The fourth-order valence-electron chi connectivity index (χ4n) is 1.78. The molecule has 1 heterocycles. The minimum Gasteiger partial charge on any atom is -0.497 e. The highest BCUT2D eigenvalue weighted by Gasteiger charge is 2.13. The number of benzene rings is 1. The number of nitrogens with one attached hydrogen (secondary N) is 1. The van der Waals surface area contributed by atoms with Gasteiger partial charge in [-0.15, -0.1) is 0 Å². The summed E-state index contributed by atoms with van der Waals surface area (Å²) in [6.45, 7) is 1.96. The molecule has 22 heavy (non-hydrogen) atoms. The summed E-state index contributed by atoms with van der Waals surface area (Å²) in [5, 5.41) is 2.70. The Morgan fingerprint density at radius 2 is 1.86 bits per heavy atom. The standard InChI is InChI=1S/C16H16N2O4/c1-3-22-16(20)14-9-5-8-13(18-14)15(19)17-11-6-4-7-12(10-11)21-2/h4-10H,3H2,1-2H3,(H,17,19). The molecule has 0 saturated heterocycles. The molecule has 2 aromatic rings. The largest absolute Gasteiger partial charge is 0.497 e. The predicted octanol–water partition coefficient (Wildman–Crippen LogP) is 2.52. The number of hydrogen-bond donors (Lipinski definition) is 1. The van der Waals surface area contributed by atoms with Gasteiger partial charge in [0.2, 0.25) is 0 Å². The molecule has 0 saturated carbocycles. The highest BCUT2D eigenvalue weighted by Crippen LogP contribution is 2.17. The second-order valence-corrected chi connectivity index (χ2v) is 4.31. The zero-order valence-electron chi connectivity index (χ0n) is 12.3. The average molecular weight is 300 g/mol. The number of carbonyl (C=O) groups is 2. The molecule has 0 aliphatic carbocycles. The van der Waals surface area contributed by atoms with E-state index in [9.17, 15) is 9.59 Å². The molecule has 1 amide bonds. The van der Waals surface area contributed by atoms with Crippen molar-refractivity contribution in [2.24, 2.45) is 0 Å². The van der Waals surface area contributed by atoms with Crippen molar-refractivity contribution in [3.05, 3.63) is 53.9 Å². The molecule has 1 aromatic carbocycles. The first kappa shape index (κ1) is 15.5. The van der Waals surface area contributed by atoms with Crippen molar-refractivity contribution in [3.63, 3.8) is 0 Å². The number of amides is 1. The Kier molecular flexibility index (Phi) is 5.08. The molecule has 6 heteroatoms. The minimum absolute atomic E-state index is 0.0974. The van der Waals surface area contributed by atoms with E-state index in [0.29, 0.717) is 11.4 Å². The third-order valence-corrected chi connectivity index (χ3v) is 2.79. The molecule has 0 radical (unpaired) electrons. The number of methoxy groups -OCH3 is 1. The summed E-state index contributed by atoms with van der Waals surface area (Å²) >= 11 is 0. The molecule has 0 fully saturated rings. The molecule has 1 aromatic heterocycles. The van der Waals surface area contributed by atoms with Gasteiger partial charge in [0.15, 0.2) is 0 Å². The molecule has 1 N–H and O–H groups in total. The number of rotatable bonds is 5. The first-order valence-electron chi connectivity index (χ1n) is 6.73. The quantitative estimate of drug-likeness (QED) is 0.858. The lowest BCUT2D eigenvalue weighted by molar-refractivity contribution is 0.0519. The molecule has 0 aliphatic rings. The molecule has 2 rings (SSSR count). The topological polar surface area (TPSA) is 77.5 Å². The molecule has 6 nitrogen and oxygen atoms in total.